The Morgan fingerprint density at radius 2 is 1.67 bits per heavy atom. The summed E-state index contributed by atoms with van der Waals surface area (Å²) in [4.78, 5) is 11.8. The van der Waals surface area contributed by atoms with E-state index < -0.39 is 5.92 Å². The number of halogens is 2. The maximum Gasteiger partial charge on any atom is 0.248 e. The van der Waals surface area contributed by atoms with Crippen LogP contribution >= 0.6 is 0 Å². The van der Waals surface area contributed by atoms with Crippen molar-refractivity contribution in [3.63, 3.8) is 0 Å². The number of rotatable bonds is 2. The van der Waals surface area contributed by atoms with Gasteiger partial charge in [-0.1, -0.05) is 13.8 Å². The number of fused-ring (bicyclic) bond motifs is 1. The van der Waals surface area contributed by atoms with E-state index in [1.54, 1.807) is 0 Å². The minimum Gasteiger partial charge on any atom is -0.299 e. The van der Waals surface area contributed by atoms with Crippen molar-refractivity contribution in [3.8, 4) is 0 Å². The van der Waals surface area contributed by atoms with Gasteiger partial charge >= 0.3 is 0 Å². The number of alkyl halides is 2. The van der Waals surface area contributed by atoms with Crippen molar-refractivity contribution < 1.29 is 13.6 Å². The molecule has 0 unspecified atom stereocenters. The summed E-state index contributed by atoms with van der Waals surface area (Å²) in [6, 6.07) is 0. The summed E-state index contributed by atoms with van der Waals surface area (Å²) in [6.07, 6.45) is 1.44. The van der Waals surface area contributed by atoms with Crippen molar-refractivity contribution in [3.05, 3.63) is 0 Å². The van der Waals surface area contributed by atoms with Crippen LogP contribution in [0.5, 0.6) is 0 Å². The van der Waals surface area contributed by atoms with Gasteiger partial charge in [0, 0.05) is 24.7 Å². The van der Waals surface area contributed by atoms with Crippen LogP contribution in [-0.4, -0.2) is 11.7 Å². The lowest BCUT2D eigenvalue weighted by molar-refractivity contribution is -0.126. The predicted octanol–water partition coefficient (Wildman–Crippen LogP) is 3.28. The first-order chi connectivity index (χ1) is 6.89. The fraction of sp³-hybridized carbons (Fsp3) is 0.917. The summed E-state index contributed by atoms with van der Waals surface area (Å²) in [7, 11) is 0. The van der Waals surface area contributed by atoms with E-state index in [4.69, 9.17) is 0 Å². The summed E-state index contributed by atoms with van der Waals surface area (Å²) in [5, 5.41) is 0. The summed E-state index contributed by atoms with van der Waals surface area (Å²) in [5.41, 5.74) is 0. The maximum absolute atomic E-state index is 13.1. The van der Waals surface area contributed by atoms with E-state index in [2.05, 4.69) is 0 Å². The second kappa shape index (κ2) is 3.53. The van der Waals surface area contributed by atoms with Crippen LogP contribution in [0, 0.1) is 23.7 Å². The molecule has 1 nitrogen and oxygen atoms in total. The van der Waals surface area contributed by atoms with Crippen LogP contribution in [0.15, 0.2) is 0 Å². The van der Waals surface area contributed by atoms with Gasteiger partial charge < -0.3 is 0 Å². The zero-order valence-corrected chi connectivity index (χ0v) is 9.30. The molecule has 2 saturated carbocycles. The third kappa shape index (κ3) is 2.06. The average molecular weight is 216 g/mol. The molecule has 2 aliphatic rings. The average Bonchev–Trinajstić information content (AvgIpc) is 2.55. The molecule has 0 aromatic heterocycles. The first kappa shape index (κ1) is 11.0. The first-order valence-electron chi connectivity index (χ1n) is 5.80. The monoisotopic (exact) mass is 216 g/mol. The molecule has 3 heteroatoms. The number of carbonyl (C=O) groups is 1. The van der Waals surface area contributed by atoms with Gasteiger partial charge in [-0.15, -0.1) is 0 Å². The minimum absolute atomic E-state index is 0.0134. The van der Waals surface area contributed by atoms with Gasteiger partial charge in [-0.05, 0) is 24.7 Å². The molecule has 0 aromatic carbocycles. The van der Waals surface area contributed by atoms with Crippen LogP contribution in [0.3, 0.4) is 0 Å². The van der Waals surface area contributed by atoms with E-state index >= 15 is 0 Å². The number of ketones is 1. The SMILES string of the molecule is CC(C)C(=O)[C@@H]1C[C@@H]2CC(F)(F)C[C@@H]2C1. The van der Waals surface area contributed by atoms with Crippen LogP contribution in [0.4, 0.5) is 8.78 Å². The fourth-order valence-electron chi connectivity index (χ4n) is 3.27. The van der Waals surface area contributed by atoms with E-state index in [0.717, 1.165) is 0 Å². The van der Waals surface area contributed by atoms with E-state index in [-0.39, 0.29) is 42.3 Å². The smallest absolute Gasteiger partial charge is 0.248 e. The van der Waals surface area contributed by atoms with Gasteiger partial charge in [0.15, 0.2) is 0 Å². The topological polar surface area (TPSA) is 17.1 Å². The van der Waals surface area contributed by atoms with E-state index in [1.807, 2.05) is 13.8 Å². The van der Waals surface area contributed by atoms with E-state index in [1.165, 1.54) is 0 Å². The van der Waals surface area contributed by atoms with Crippen LogP contribution in [0.25, 0.3) is 0 Å². The highest BCUT2D eigenvalue weighted by atomic mass is 19.3. The lowest BCUT2D eigenvalue weighted by Gasteiger charge is -2.15. The fourth-order valence-corrected chi connectivity index (χ4v) is 3.27. The molecule has 0 heterocycles. The van der Waals surface area contributed by atoms with Gasteiger partial charge in [0.05, 0.1) is 0 Å². The van der Waals surface area contributed by atoms with Crippen LogP contribution in [0.2, 0.25) is 0 Å². The second-order valence-corrected chi connectivity index (χ2v) is 5.51. The molecule has 0 spiro atoms. The Morgan fingerprint density at radius 1 is 1.20 bits per heavy atom. The maximum atomic E-state index is 13.1. The third-order valence-electron chi connectivity index (χ3n) is 3.93. The normalized spacial score (nSPS) is 38.3. The minimum atomic E-state index is -2.46. The largest absolute Gasteiger partial charge is 0.299 e. The molecular formula is C12H18F2O. The van der Waals surface area contributed by atoms with Crippen LogP contribution in [-0.2, 0) is 4.79 Å². The van der Waals surface area contributed by atoms with Gasteiger partial charge in [0.1, 0.15) is 5.78 Å². The Hall–Kier alpha value is -0.470. The van der Waals surface area contributed by atoms with Crippen LogP contribution < -0.4 is 0 Å². The number of hydrogen-bond acceptors (Lipinski definition) is 1. The van der Waals surface area contributed by atoms with Gasteiger partial charge in [0.2, 0.25) is 5.92 Å². The Balaban J connectivity index is 1.97. The van der Waals surface area contributed by atoms with Crippen LogP contribution in [0.1, 0.15) is 39.5 Å². The standard InChI is InChI=1S/C12H18F2O/c1-7(2)11(15)8-3-9-5-12(13,14)6-10(9)4-8/h7-10H,3-6H2,1-2H3/t8-,9-,10+. The quantitative estimate of drug-likeness (QED) is 0.692. The molecule has 0 saturated heterocycles. The molecule has 2 fully saturated rings. The Kier molecular flexibility index (Phi) is 2.60. The third-order valence-corrected chi connectivity index (χ3v) is 3.93. The van der Waals surface area contributed by atoms with Gasteiger partial charge in [-0.2, -0.15) is 0 Å². The molecular weight excluding hydrogens is 198 g/mol. The molecule has 2 rings (SSSR count). The zero-order chi connectivity index (χ0) is 11.2. The highest BCUT2D eigenvalue weighted by Crippen LogP contribution is 2.53. The summed E-state index contributed by atoms with van der Waals surface area (Å²) in [5.74, 6) is -1.86. The van der Waals surface area contributed by atoms with Crippen molar-refractivity contribution in [1.29, 1.82) is 0 Å². The molecule has 15 heavy (non-hydrogen) atoms. The van der Waals surface area contributed by atoms with E-state index in [0.29, 0.717) is 12.8 Å². The number of Topliss-reactive ketones (excluding diaryl/α,β-unsaturated/α-hetero) is 1. The Bertz CT molecular complexity index is 257. The van der Waals surface area contributed by atoms with Crippen molar-refractivity contribution in [2.45, 2.75) is 45.5 Å². The first-order valence-corrected chi connectivity index (χ1v) is 5.80. The van der Waals surface area contributed by atoms with E-state index in [9.17, 15) is 13.6 Å². The molecule has 0 amide bonds. The highest BCUT2D eigenvalue weighted by Gasteiger charge is 2.51. The molecule has 3 atom stereocenters. The number of carbonyl (C=O) groups excluding carboxylic acids is 1. The molecule has 0 aromatic rings. The van der Waals surface area contributed by atoms with Crippen molar-refractivity contribution in [2.24, 2.45) is 23.7 Å². The number of hydrogen-bond donors (Lipinski definition) is 0. The summed E-state index contributed by atoms with van der Waals surface area (Å²) in [6.45, 7) is 3.79. The van der Waals surface area contributed by atoms with Crippen molar-refractivity contribution >= 4 is 5.78 Å². The Morgan fingerprint density at radius 3 is 2.07 bits per heavy atom. The highest BCUT2D eigenvalue weighted by molar-refractivity contribution is 5.83. The Labute approximate surface area is 89.2 Å². The molecule has 0 aliphatic heterocycles. The van der Waals surface area contributed by atoms with Crippen molar-refractivity contribution in [1.82, 2.24) is 0 Å². The molecule has 0 N–H and O–H groups in total. The second-order valence-electron chi connectivity index (χ2n) is 5.51. The molecule has 0 bridgehead atoms. The summed E-state index contributed by atoms with van der Waals surface area (Å²) < 4.78 is 26.1. The van der Waals surface area contributed by atoms with Gasteiger partial charge in [-0.3, -0.25) is 4.79 Å². The lowest BCUT2D eigenvalue weighted by Crippen LogP contribution is -2.20. The van der Waals surface area contributed by atoms with Crippen molar-refractivity contribution in [2.75, 3.05) is 0 Å². The lowest BCUT2D eigenvalue weighted by atomic mass is 9.91. The molecule has 0 radical (unpaired) electrons. The van der Waals surface area contributed by atoms with Gasteiger partial charge in [0.25, 0.3) is 0 Å². The molecule has 86 valence electrons. The summed E-state index contributed by atoms with van der Waals surface area (Å²) >= 11 is 0. The molecule has 2 aliphatic carbocycles. The van der Waals surface area contributed by atoms with Gasteiger partial charge in [-0.25, -0.2) is 8.78 Å². The predicted molar refractivity (Wildman–Crippen MR) is 53.7 cm³/mol. The zero-order valence-electron chi connectivity index (χ0n) is 9.30.